The first kappa shape index (κ1) is 28.0. The largest absolute Gasteiger partial charge is 0.460 e. The first-order chi connectivity index (χ1) is 24.8. The van der Waals surface area contributed by atoms with E-state index in [1.807, 2.05) is 18.3 Å². The van der Waals surface area contributed by atoms with Gasteiger partial charge in [-0.1, -0.05) is 121 Å². The van der Waals surface area contributed by atoms with Crippen molar-refractivity contribution in [2.75, 3.05) is 19.6 Å². The Hall–Kier alpha value is -5.91. The quantitative estimate of drug-likeness (QED) is 0.194. The Labute approximate surface area is 291 Å². The van der Waals surface area contributed by atoms with Crippen molar-refractivity contribution in [3.05, 3.63) is 196 Å². The van der Waals surface area contributed by atoms with E-state index in [1.165, 1.54) is 50.3 Å². The third-order valence-electron chi connectivity index (χ3n) is 11.3. The molecule has 240 valence electrons. The summed E-state index contributed by atoms with van der Waals surface area (Å²) in [7, 11) is 0. The van der Waals surface area contributed by atoms with Crippen molar-refractivity contribution in [1.29, 1.82) is 0 Å². The Morgan fingerprint density at radius 3 is 2.30 bits per heavy atom. The molecule has 5 heterocycles. The molecular weight excluding hydrogens is 613 g/mol. The molecular formula is C45H34N4O. The van der Waals surface area contributed by atoms with Gasteiger partial charge in [-0.3, -0.25) is 9.89 Å². The van der Waals surface area contributed by atoms with Gasteiger partial charge in [-0.25, -0.2) is 0 Å². The second-order valence-corrected chi connectivity index (χ2v) is 14.0. The first-order valence-electron chi connectivity index (χ1n) is 17.6. The van der Waals surface area contributed by atoms with Gasteiger partial charge in [0, 0.05) is 42.7 Å². The number of rotatable bonds is 4. The number of dihydropyridines is 1. The molecule has 5 aliphatic heterocycles. The van der Waals surface area contributed by atoms with Gasteiger partial charge in [-0.2, -0.15) is 0 Å². The average molecular weight is 647 g/mol. The van der Waals surface area contributed by atoms with Gasteiger partial charge >= 0.3 is 0 Å². The minimum atomic E-state index is -0.341. The monoisotopic (exact) mass is 646 g/mol. The van der Waals surface area contributed by atoms with E-state index in [0.717, 1.165) is 53.5 Å². The van der Waals surface area contributed by atoms with Gasteiger partial charge in [0.2, 0.25) is 0 Å². The highest BCUT2D eigenvalue weighted by Gasteiger charge is 2.60. The number of hydrogen-bond donors (Lipinski definition) is 2. The molecule has 4 unspecified atom stereocenters. The number of aliphatic imine (C=N–C) groups is 1. The first-order valence-corrected chi connectivity index (χ1v) is 17.6. The van der Waals surface area contributed by atoms with Gasteiger partial charge < -0.3 is 15.4 Å². The molecule has 2 N–H and O–H groups in total. The third-order valence-corrected chi connectivity index (χ3v) is 11.3. The maximum absolute atomic E-state index is 6.71. The van der Waals surface area contributed by atoms with Gasteiger partial charge in [-0.15, -0.1) is 0 Å². The zero-order chi connectivity index (χ0) is 32.8. The molecule has 5 nitrogen and oxygen atoms in total. The normalized spacial score (nSPS) is 24.9. The van der Waals surface area contributed by atoms with Crippen LogP contribution in [-0.4, -0.2) is 36.3 Å². The van der Waals surface area contributed by atoms with Crippen LogP contribution in [0.1, 0.15) is 34.0 Å². The molecule has 5 aromatic rings. The topological polar surface area (TPSA) is 48.7 Å². The number of fused-ring (bicyclic) bond motifs is 9. The van der Waals surface area contributed by atoms with Crippen LogP contribution >= 0.6 is 0 Å². The Kier molecular flexibility index (Phi) is 5.90. The molecule has 1 spiro atoms. The predicted octanol–water partition coefficient (Wildman–Crippen LogP) is 8.11. The van der Waals surface area contributed by atoms with Crippen LogP contribution in [0.2, 0.25) is 0 Å². The minimum absolute atomic E-state index is 0.166. The lowest BCUT2D eigenvalue weighted by Crippen LogP contribution is -2.41. The highest BCUT2D eigenvalue weighted by atomic mass is 16.5. The molecule has 1 aliphatic carbocycles. The van der Waals surface area contributed by atoms with Crippen molar-refractivity contribution < 1.29 is 4.74 Å². The summed E-state index contributed by atoms with van der Waals surface area (Å²) in [4.78, 5) is 7.65. The Morgan fingerprint density at radius 2 is 1.44 bits per heavy atom. The molecule has 4 atom stereocenters. The van der Waals surface area contributed by atoms with E-state index in [4.69, 9.17) is 9.73 Å². The van der Waals surface area contributed by atoms with Gasteiger partial charge in [0.15, 0.2) is 0 Å². The lowest BCUT2D eigenvalue weighted by atomic mass is 9.64. The highest BCUT2D eigenvalue weighted by Crippen LogP contribution is 2.63. The fourth-order valence-electron chi connectivity index (χ4n) is 8.92. The van der Waals surface area contributed by atoms with Crippen LogP contribution in [0.4, 0.5) is 0 Å². The summed E-state index contributed by atoms with van der Waals surface area (Å²) in [5.41, 5.74) is 15.7. The second kappa shape index (κ2) is 10.5. The van der Waals surface area contributed by atoms with E-state index in [1.54, 1.807) is 0 Å². The second-order valence-electron chi connectivity index (χ2n) is 14.0. The fourth-order valence-corrected chi connectivity index (χ4v) is 8.92. The van der Waals surface area contributed by atoms with Crippen molar-refractivity contribution in [3.8, 4) is 22.3 Å². The Balaban J connectivity index is 1.01. The highest BCUT2D eigenvalue weighted by molar-refractivity contribution is 6.13. The van der Waals surface area contributed by atoms with Crippen LogP contribution in [0.3, 0.4) is 0 Å². The zero-order valence-electron chi connectivity index (χ0n) is 27.4. The van der Waals surface area contributed by atoms with Crippen LogP contribution in [0.25, 0.3) is 28.0 Å². The lowest BCUT2D eigenvalue weighted by molar-refractivity contribution is 0.277. The van der Waals surface area contributed by atoms with E-state index in [0.29, 0.717) is 6.04 Å². The summed E-state index contributed by atoms with van der Waals surface area (Å²) < 4.78 is 6.71. The lowest BCUT2D eigenvalue weighted by Gasteiger charge is -2.42. The third kappa shape index (κ3) is 4.01. The number of ether oxygens (including phenoxy) is 1. The predicted molar refractivity (Wildman–Crippen MR) is 199 cm³/mol. The standard InChI is InChI=1S/C45H34N4O/c1-3-9-29(10-4-1)39-24-40(48-44(47-39)31-11-5-2-6-12-31)30-17-15-28(16-18-30)32-19-20-34-33-13-7-8-14-35(33)45(36(34)23-32)37-25-46-22-21-42(37)50-43-38(45)26-49-27-41(43)49/h1-24,41,44,46,48H,25-27H2. The van der Waals surface area contributed by atoms with E-state index in [2.05, 4.69) is 143 Å². The van der Waals surface area contributed by atoms with Gasteiger partial charge in [0.1, 0.15) is 17.7 Å². The maximum atomic E-state index is 6.71. The van der Waals surface area contributed by atoms with Crippen molar-refractivity contribution in [3.63, 3.8) is 0 Å². The van der Waals surface area contributed by atoms with Crippen molar-refractivity contribution >= 4 is 11.4 Å². The van der Waals surface area contributed by atoms with E-state index in [9.17, 15) is 0 Å². The molecule has 5 aromatic carbocycles. The Bertz CT molecular complexity index is 2390. The zero-order valence-corrected chi connectivity index (χ0v) is 27.4. The summed E-state index contributed by atoms with van der Waals surface area (Å²) >= 11 is 0. The molecule has 11 rings (SSSR count). The SMILES string of the molecule is C1=CC2=C(CN1)C1(C3=C(O2)C2CN2C3)c2ccccc2-c2ccc(-c3ccc(C4=CC(c5ccccc5)=NC(c5ccccc5)N4)cc3)cc21. The molecule has 1 saturated heterocycles. The molecule has 0 bridgehead atoms. The molecule has 1 fully saturated rings. The molecule has 0 saturated carbocycles. The van der Waals surface area contributed by atoms with E-state index >= 15 is 0 Å². The molecule has 0 aromatic heterocycles. The van der Waals surface area contributed by atoms with Gasteiger partial charge in [0.25, 0.3) is 0 Å². The fraction of sp³-hybridized carbons (Fsp3) is 0.133. The number of benzene rings is 5. The molecule has 5 heteroatoms. The summed E-state index contributed by atoms with van der Waals surface area (Å²) in [6.45, 7) is 2.81. The van der Waals surface area contributed by atoms with Crippen molar-refractivity contribution in [1.82, 2.24) is 15.5 Å². The van der Waals surface area contributed by atoms with Crippen LogP contribution in [-0.2, 0) is 10.2 Å². The minimum Gasteiger partial charge on any atom is -0.460 e. The number of nitrogens with one attached hydrogen (secondary N) is 2. The van der Waals surface area contributed by atoms with Crippen LogP contribution < -0.4 is 10.6 Å². The average Bonchev–Trinajstić information content (AvgIpc) is 3.79. The van der Waals surface area contributed by atoms with E-state index < -0.39 is 0 Å². The number of nitrogens with zero attached hydrogens (tertiary/aromatic N) is 2. The van der Waals surface area contributed by atoms with Crippen LogP contribution in [0, 0.1) is 0 Å². The maximum Gasteiger partial charge on any atom is 0.145 e. The molecule has 50 heavy (non-hydrogen) atoms. The van der Waals surface area contributed by atoms with Crippen LogP contribution in [0.5, 0.6) is 0 Å². The summed E-state index contributed by atoms with van der Waals surface area (Å²) in [6, 6.07) is 46.5. The summed E-state index contributed by atoms with van der Waals surface area (Å²) in [5.74, 6) is 2.18. The smallest absolute Gasteiger partial charge is 0.145 e. The molecule has 0 radical (unpaired) electrons. The van der Waals surface area contributed by atoms with Crippen molar-refractivity contribution in [2.45, 2.75) is 17.6 Å². The Morgan fingerprint density at radius 1 is 0.700 bits per heavy atom. The van der Waals surface area contributed by atoms with Gasteiger partial charge in [0.05, 0.1) is 17.2 Å². The summed E-state index contributed by atoms with van der Waals surface area (Å²) in [5, 5.41) is 7.25. The number of allylic oxidation sites excluding steroid dienone is 2. The molecule has 6 aliphatic rings. The molecule has 0 amide bonds. The van der Waals surface area contributed by atoms with Crippen molar-refractivity contribution in [2.24, 2.45) is 4.99 Å². The van der Waals surface area contributed by atoms with E-state index in [-0.39, 0.29) is 11.6 Å². The van der Waals surface area contributed by atoms with Gasteiger partial charge in [-0.05, 0) is 68.3 Å². The van der Waals surface area contributed by atoms with Crippen LogP contribution in [0.15, 0.2) is 173 Å². The summed E-state index contributed by atoms with van der Waals surface area (Å²) in [6.07, 6.45) is 6.17. The number of hydrogen-bond acceptors (Lipinski definition) is 5.